The Morgan fingerprint density at radius 3 is 2.12 bits per heavy atom. The molecule has 4 rings (SSSR count). The topological polar surface area (TPSA) is 69.7 Å². The number of anilines is 2. The highest BCUT2D eigenvalue weighted by Gasteiger charge is 2.24. The Morgan fingerprint density at radius 1 is 0.875 bits per heavy atom. The van der Waals surface area contributed by atoms with E-state index in [9.17, 15) is 13.2 Å². The molecular weight excluding hydrogens is 422 g/mol. The van der Waals surface area contributed by atoms with Crippen molar-refractivity contribution in [2.75, 3.05) is 37.4 Å². The molecule has 0 saturated carbocycles. The third kappa shape index (κ3) is 4.54. The van der Waals surface area contributed by atoms with Gasteiger partial charge in [0, 0.05) is 38.6 Å². The van der Waals surface area contributed by atoms with Crippen molar-refractivity contribution in [3.63, 3.8) is 0 Å². The Labute approximate surface area is 189 Å². The summed E-state index contributed by atoms with van der Waals surface area (Å²) in [6.45, 7) is 1.71. The molecule has 0 aromatic heterocycles. The molecule has 0 unspecified atom stereocenters. The molecule has 166 valence electrons. The molecule has 1 aliphatic rings. The smallest absolute Gasteiger partial charge is 0.257 e. The predicted molar refractivity (Wildman–Crippen MR) is 129 cm³/mol. The lowest BCUT2D eigenvalue weighted by Crippen LogP contribution is -2.25. The number of nitrogens with one attached hydrogen (secondary N) is 1. The lowest BCUT2D eigenvalue weighted by atomic mass is 10.1. The number of carbonyl (C=O) groups is 1. The Kier molecular flexibility index (Phi) is 6.30. The molecule has 1 N–H and O–H groups in total. The number of hydrogen-bond donors (Lipinski definition) is 1. The first kappa shape index (κ1) is 22.0. The second-order valence-electron chi connectivity index (χ2n) is 8.06. The lowest BCUT2D eigenvalue weighted by molar-refractivity contribution is 0.102. The maximum Gasteiger partial charge on any atom is 0.257 e. The molecule has 3 aromatic rings. The first-order valence-electron chi connectivity index (χ1n) is 10.6. The van der Waals surface area contributed by atoms with E-state index in [1.165, 1.54) is 20.2 Å². The van der Waals surface area contributed by atoms with Crippen molar-refractivity contribution in [3.8, 4) is 11.1 Å². The van der Waals surface area contributed by atoms with Gasteiger partial charge in [0.05, 0.1) is 10.5 Å². The van der Waals surface area contributed by atoms with Crippen molar-refractivity contribution in [3.05, 3.63) is 78.4 Å². The zero-order chi connectivity index (χ0) is 22.7. The second-order valence-corrected chi connectivity index (χ2v) is 10.2. The van der Waals surface area contributed by atoms with E-state index in [0.717, 1.165) is 47.1 Å². The minimum atomic E-state index is -3.65. The van der Waals surface area contributed by atoms with Gasteiger partial charge in [0.15, 0.2) is 0 Å². The molecule has 1 aliphatic heterocycles. The van der Waals surface area contributed by atoms with Crippen LogP contribution in [0.4, 0.5) is 11.4 Å². The van der Waals surface area contributed by atoms with E-state index >= 15 is 0 Å². The zero-order valence-corrected chi connectivity index (χ0v) is 19.1. The van der Waals surface area contributed by atoms with Gasteiger partial charge in [-0.25, -0.2) is 12.7 Å². The normalized spacial score (nSPS) is 14.0. The summed E-state index contributed by atoms with van der Waals surface area (Å²) in [5.41, 5.74) is 3.94. The van der Waals surface area contributed by atoms with E-state index in [2.05, 4.69) is 10.2 Å². The number of nitrogens with zero attached hydrogens (tertiary/aromatic N) is 2. The fourth-order valence-corrected chi connectivity index (χ4v) is 4.81. The van der Waals surface area contributed by atoms with Crippen molar-refractivity contribution in [2.24, 2.45) is 0 Å². The largest absolute Gasteiger partial charge is 0.371 e. The first-order valence-corrected chi connectivity index (χ1v) is 12.1. The van der Waals surface area contributed by atoms with Crippen LogP contribution in [0.2, 0.25) is 0 Å². The Morgan fingerprint density at radius 2 is 1.50 bits per heavy atom. The second kappa shape index (κ2) is 9.14. The summed E-state index contributed by atoms with van der Waals surface area (Å²) in [5, 5.41) is 2.93. The summed E-state index contributed by atoms with van der Waals surface area (Å²) in [6, 6.07) is 22.4. The van der Waals surface area contributed by atoms with Gasteiger partial charge < -0.3 is 10.2 Å². The van der Waals surface area contributed by atoms with E-state index in [1.54, 1.807) is 12.1 Å². The number of benzene rings is 3. The van der Waals surface area contributed by atoms with Gasteiger partial charge in [0.2, 0.25) is 10.0 Å². The van der Waals surface area contributed by atoms with Crippen LogP contribution in [-0.2, 0) is 10.0 Å². The molecule has 1 heterocycles. The fourth-order valence-electron chi connectivity index (χ4n) is 3.88. The first-order chi connectivity index (χ1) is 15.4. The molecule has 0 bridgehead atoms. The molecule has 1 fully saturated rings. The van der Waals surface area contributed by atoms with Crippen LogP contribution in [0.1, 0.15) is 23.2 Å². The van der Waals surface area contributed by atoms with E-state index in [-0.39, 0.29) is 10.8 Å². The quantitative estimate of drug-likeness (QED) is 0.603. The van der Waals surface area contributed by atoms with Crippen LogP contribution < -0.4 is 10.2 Å². The van der Waals surface area contributed by atoms with Crippen LogP contribution in [0.25, 0.3) is 11.1 Å². The molecule has 32 heavy (non-hydrogen) atoms. The summed E-state index contributed by atoms with van der Waals surface area (Å²) < 4.78 is 26.5. The predicted octanol–water partition coefficient (Wildman–Crippen LogP) is 4.46. The Hall–Kier alpha value is -3.16. The number of sulfonamides is 1. The fraction of sp³-hybridized carbons (Fsp3) is 0.240. The zero-order valence-electron chi connectivity index (χ0n) is 18.3. The standard InChI is InChI=1S/C25H27N3O3S/c1-27(2)32(30,31)22-14-15-24(28-16-6-7-17-28)23(18-22)25(29)26-21-12-10-20(11-13-21)19-8-4-3-5-9-19/h3-5,8-15,18H,6-7,16-17H2,1-2H3,(H,26,29). The van der Waals surface area contributed by atoms with E-state index in [4.69, 9.17) is 0 Å². The third-order valence-corrected chi connectivity index (χ3v) is 7.50. The van der Waals surface area contributed by atoms with Gasteiger partial charge in [0.25, 0.3) is 5.91 Å². The average Bonchev–Trinajstić information content (AvgIpc) is 3.34. The number of amides is 1. The molecule has 6 nitrogen and oxygen atoms in total. The van der Waals surface area contributed by atoms with Crippen molar-refractivity contribution in [1.82, 2.24) is 4.31 Å². The van der Waals surface area contributed by atoms with Crippen molar-refractivity contribution >= 4 is 27.3 Å². The highest BCUT2D eigenvalue weighted by Crippen LogP contribution is 2.29. The molecule has 0 spiro atoms. The molecule has 0 aliphatic carbocycles. The Balaban J connectivity index is 1.64. The van der Waals surface area contributed by atoms with Gasteiger partial charge in [0.1, 0.15) is 0 Å². The average molecular weight is 450 g/mol. The van der Waals surface area contributed by atoms with Crippen LogP contribution in [-0.4, -0.2) is 45.8 Å². The third-order valence-electron chi connectivity index (χ3n) is 5.69. The van der Waals surface area contributed by atoms with Crippen LogP contribution in [0.5, 0.6) is 0 Å². The minimum Gasteiger partial charge on any atom is -0.371 e. The van der Waals surface area contributed by atoms with E-state index in [1.807, 2.05) is 54.6 Å². The maximum atomic E-state index is 13.2. The molecule has 3 aromatic carbocycles. The molecular formula is C25H27N3O3S. The minimum absolute atomic E-state index is 0.107. The van der Waals surface area contributed by atoms with Crippen molar-refractivity contribution < 1.29 is 13.2 Å². The van der Waals surface area contributed by atoms with Gasteiger partial charge in [-0.2, -0.15) is 0 Å². The maximum absolute atomic E-state index is 13.2. The SMILES string of the molecule is CN(C)S(=O)(=O)c1ccc(N2CCCC2)c(C(=O)Nc2ccc(-c3ccccc3)cc2)c1. The molecule has 1 saturated heterocycles. The van der Waals surface area contributed by atoms with Crippen molar-refractivity contribution in [1.29, 1.82) is 0 Å². The van der Waals surface area contributed by atoms with Gasteiger partial charge in [-0.05, 0) is 54.3 Å². The van der Waals surface area contributed by atoms with E-state index in [0.29, 0.717) is 11.3 Å². The van der Waals surface area contributed by atoms with Gasteiger partial charge >= 0.3 is 0 Å². The number of hydrogen-bond acceptors (Lipinski definition) is 4. The highest BCUT2D eigenvalue weighted by atomic mass is 32.2. The summed E-state index contributed by atoms with van der Waals surface area (Å²) in [7, 11) is -0.680. The molecule has 0 atom stereocenters. The summed E-state index contributed by atoms with van der Waals surface area (Å²) in [6.07, 6.45) is 2.11. The Bertz CT molecular complexity index is 1200. The summed E-state index contributed by atoms with van der Waals surface area (Å²) in [5.74, 6) is -0.324. The summed E-state index contributed by atoms with van der Waals surface area (Å²) in [4.78, 5) is 15.5. The van der Waals surface area contributed by atoms with Gasteiger partial charge in [-0.3, -0.25) is 4.79 Å². The molecule has 7 heteroatoms. The van der Waals surface area contributed by atoms with Crippen LogP contribution >= 0.6 is 0 Å². The van der Waals surface area contributed by atoms with Crippen LogP contribution in [0, 0.1) is 0 Å². The van der Waals surface area contributed by atoms with Gasteiger partial charge in [-0.15, -0.1) is 0 Å². The molecule has 1 amide bonds. The lowest BCUT2D eigenvalue weighted by Gasteiger charge is -2.22. The highest BCUT2D eigenvalue weighted by molar-refractivity contribution is 7.89. The monoisotopic (exact) mass is 449 g/mol. The number of carbonyl (C=O) groups excluding carboxylic acids is 1. The van der Waals surface area contributed by atoms with E-state index < -0.39 is 10.0 Å². The van der Waals surface area contributed by atoms with Crippen molar-refractivity contribution in [2.45, 2.75) is 17.7 Å². The van der Waals surface area contributed by atoms with Gasteiger partial charge in [-0.1, -0.05) is 42.5 Å². The summed E-state index contributed by atoms with van der Waals surface area (Å²) >= 11 is 0. The van der Waals surface area contributed by atoms with Crippen LogP contribution in [0.3, 0.4) is 0 Å². The molecule has 0 radical (unpaired) electrons. The van der Waals surface area contributed by atoms with Crippen LogP contribution in [0.15, 0.2) is 77.7 Å². The number of rotatable bonds is 6.